The Labute approximate surface area is 107 Å². The summed E-state index contributed by atoms with van der Waals surface area (Å²) in [5, 5.41) is 4.54. The number of benzene rings is 1. The second kappa shape index (κ2) is 5.69. The van der Waals surface area contributed by atoms with Gasteiger partial charge in [-0.25, -0.2) is 0 Å². The minimum Gasteiger partial charge on any atom is -0.361 e. The lowest BCUT2D eigenvalue weighted by Crippen LogP contribution is -2.26. The minimum absolute atomic E-state index is 0.154. The third kappa shape index (κ3) is 2.90. The van der Waals surface area contributed by atoms with Crippen LogP contribution in [0.3, 0.4) is 0 Å². The number of hydrogen-bond donors (Lipinski definition) is 2. The summed E-state index contributed by atoms with van der Waals surface area (Å²) < 4.78 is 0. The Morgan fingerprint density at radius 2 is 2.11 bits per heavy atom. The van der Waals surface area contributed by atoms with Gasteiger partial charge in [0, 0.05) is 50.7 Å². The predicted molar refractivity (Wildman–Crippen MR) is 73.3 cm³/mol. The standard InChI is InChI=1S/C14H19N3O/c1-17(2)14(18)7-8-15-9-11-10-16-13-6-4-3-5-12(11)13/h3-6,10,15-16H,7-9H2,1-2H3. The van der Waals surface area contributed by atoms with Gasteiger partial charge < -0.3 is 15.2 Å². The molecule has 1 heterocycles. The molecule has 0 saturated heterocycles. The van der Waals surface area contributed by atoms with Crippen molar-refractivity contribution in [2.45, 2.75) is 13.0 Å². The summed E-state index contributed by atoms with van der Waals surface area (Å²) in [6.45, 7) is 1.49. The van der Waals surface area contributed by atoms with Crippen LogP contribution in [-0.4, -0.2) is 36.4 Å². The molecule has 1 aromatic carbocycles. The molecule has 0 spiro atoms. The van der Waals surface area contributed by atoms with E-state index in [2.05, 4.69) is 22.4 Å². The molecule has 0 bridgehead atoms. The Balaban J connectivity index is 1.85. The van der Waals surface area contributed by atoms with Crippen LogP contribution in [0.4, 0.5) is 0 Å². The average molecular weight is 245 g/mol. The fourth-order valence-corrected chi connectivity index (χ4v) is 1.92. The van der Waals surface area contributed by atoms with E-state index in [1.165, 1.54) is 10.9 Å². The van der Waals surface area contributed by atoms with Gasteiger partial charge in [0.1, 0.15) is 0 Å². The number of H-pyrrole nitrogens is 1. The van der Waals surface area contributed by atoms with Gasteiger partial charge >= 0.3 is 0 Å². The second-order valence-corrected chi connectivity index (χ2v) is 4.57. The van der Waals surface area contributed by atoms with Crippen LogP contribution in [-0.2, 0) is 11.3 Å². The van der Waals surface area contributed by atoms with Gasteiger partial charge in [-0.1, -0.05) is 18.2 Å². The van der Waals surface area contributed by atoms with E-state index in [0.717, 1.165) is 12.1 Å². The van der Waals surface area contributed by atoms with E-state index in [1.54, 1.807) is 19.0 Å². The van der Waals surface area contributed by atoms with Crippen LogP contribution in [0.15, 0.2) is 30.5 Å². The molecule has 0 unspecified atom stereocenters. The van der Waals surface area contributed by atoms with Crippen LogP contribution in [0.2, 0.25) is 0 Å². The largest absolute Gasteiger partial charge is 0.361 e. The van der Waals surface area contributed by atoms with Crippen LogP contribution in [0.25, 0.3) is 10.9 Å². The van der Waals surface area contributed by atoms with Crippen molar-refractivity contribution < 1.29 is 4.79 Å². The molecule has 2 aromatic rings. The summed E-state index contributed by atoms with van der Waals surface area (Å²) in [6.07, 6.45) is 2.56. The SMILES string of the molecule is CN(C)C(=O)CCNCc1c[nH]c2ccccc12. The molecule has 0 radical (unpaired) electrons. The Morgan fingerprint density at radius 1 is 1.33 bits per heavy atom. The third-order valence-electron chi connectivity index (χ3n) is 3.00. The normalized spacial score (nSPS) is 10.8. The monoisotopic (exact) mass is 245 g/mol. The molecule has 0 saturated carbocycles. The highest BCUT2D eigenvalue weighted by atomic mass is 16.2. The zero-order chi connectivity index (χ0) is 13.0. The first-order valence-corrected chi connectivity index (χ1v) is 6.14. The van der Waals surface area contributed by atoms with Gasteiger partial charge in [-0.15, -0.1) is 0 Å². The number of carbonyl (C=O) groups excluding carboxylic acids is 1. The molecule has 96 valence electrons. The number of amides is 1. The molecular weight excluding hydrogens is 226 g/mol. The molecule has 2 N–H and O–H groups in total. The van der Waals surface area contributed by atoms with Gasteiger partial charge in [-0.3, -0.25) is 4.79 Å². The van der Waals surface area contributed by atoms with Crippen molar-refractivity contribution in [3.05, 3.63) is 36.0 Å². The molecule has 1 amide bonds. The highest BCUT2D eigenvalue weighted by Crippen LogP contribution is 2.17. The van der Waals surface area contributed by atoms with Gasteiger partial charge in [0.05, 0.1) is 0 Å². The molecule has 1 aromatic heterocycles. The fourth-order valence-electron chi connectivity index (χ4n) is 1.92. The first-order valence-electron chi connectivity index (χ1n) is 6.14. The zero-order valence-electron chi connectivity index (χ0n) is 10.9. The third-order valence-corrected chi connectivity index (χ3v) is 3.00. The lowest BCUT2D eigenvalue weighted by molar-refractivity contribution is -0.128. The summed E-state index contributed by atoms with van der Waals surface area (Å²) in [7, 11) is 3.56. The van der Waals surface area contributed by atoms with Gasteiger partial charge in [-0.2, -0.15) is 0 Å². The zero-order valence-corrected chi connectivity index (χ0v) is 10.9. The van der Waals surface area contributed by atoms with Gasteiger partial charge in [0.15, 0.2) is 0 Å². The average Bonchev–Trinajstić information content (AvgIpc) is 2.77. The van der Waals surface area contributed by atoms with Crippen molar-refractivity contribution in [2.75, 3.05) is 20.6 Å². The van der Waals surface area contributed by atoms with Gasteiger partial charge in [-0.05, 0) is 11.6 Å². The highest BCUT2D eigenvalue weighted by Gasteiger charge is 2.04. The second-order valence-electron chi connectivity index (χ2n) is 4.57. The van der Waals surface area contributed by atoms with Gasteiger partial charge in [0.25, 0.3) is 0 Å². The molecule has 0 aliphatic heterocycles. The van der Waals surface area contributed by atoms with Crippen molar-refractivity contribution in [1.29, 1.82) is 0 Å². The van der Waals surface area contributed by atoms with E-state index in [4.69, 9.17) is 0 Å². The Hall–Kier alpha value is -1.81. The van der Waals surface area contributed by atoms with Crippen LogP contribution < -0.4 is 5.32 Å². The predicted octanol–water partition coefficient (Wildman–Crippen LogP) is 1.74. The van der Waals surface area contributed by atoms with Crippen LogP contribution >= 0.6 is 0 Å². The number of aromatic amines is 1. The number of hydrogen-bond acceptors (Lipinski definition) is 2. The van der Waals surface area contributed by atoms with Crippen molar-refractivity contribution in [2.24, 2.45) is 0 Å². The van der Waals surface area contributed by atoms with E-state index in [1.807, 2.05) is 18.3 Å². The number of carbonyl (C=O) groups is 1. The Bertz CT molecular complexity index is 531. The van der Waals surface area contributed by atoms with E-state index >= 15 is 0 Å². The number of rotatable bonds is 5. The molecule has 0 aliphatic carbocycles. The molecule has 0 aliphatic rings. The number of nitrogens with zero attached hydrogens (tertiary/aromatic N) is 1. The smallest absolute Gasteiger partial charge is 0.223 e. The summed E-state index contributed by atoms with van der Waals surface area (Å²) in [4.78, 5) is 16.3. The molecule has 4 nitrogen and oxygen atoms in total. The topological polar surface area (TPSA) is 48.1 Å². The van der Waals surface area contributed by atoms with Crippen LogP contribution in [0.1, 0.15) is 12.0 Å². The van der Waals surface area contributed by atoms with Crippen LogP contribution in [0.5, 0.6) is 0 Å². The van der Waals surface area contributed by atoms with Crippen molar-refractivity contribution in [3.63, 3.8) is 0 Å². The number of aromatic nitrogens is 1. The lowest BCUT2D eigenvalue weighted by atomic mass is 10.2. The first-order chi connectivity index (χ1) is 8.68. The lowest BCUT2D eigenvalue weighted by Gasteiger charge is -2.10. The van der Waals surface area contributed by atoms with Crippen molar-refractivity contribution in [1.82, 2.24) is 15.2 Å². The number of nitrogens with one attached hydrogen (secondary N) is 2. The number of para-hydroxylation sites is 1. The maximum atomic E-state index is 11.4. The van der Waals surface area contributed by atoms with Crippen molar-refractivity contribution >= 4 is 16.8 Å². The van der Waals surface area contributed by atoms with E-state index in [9.17, 15) is 4.79 Å². The minimum atomic E-state index is 0.154. The Morgan fingerprint density at radius 3 is 2.89 bits per heavy atom. The van der Waals surface area contributed by atoms with Crippen LogP contribution in [0, 0.1) is 0 Å². The maximum Gasteiger partial charge on any atom is 0.223 e. The van der Waals surface area contributed by atoms with Gasteiger partial charge in [0.2, 0.25) is 5.91 Å². The van der Waals surface area contributed by atoms with E-state index in [0.29, 0.717) is 13.0 Å². The quantitative estimate of drug-likeness (QED) is 0.788. The highest BCUT2D eigenvalue weighted by molar-refractivity contribution is 5.83. The molecule has 4 heteroatoms. The fraction of sp³-hybridized carbons (Fsp3) is 0.357. The molecule has 2 rings (SSSR count). The summed E-state index contributed by atoms with van der Waals surface area (Å²) >= 11 is 0. The van der Waals surface area contributed by atoms with E-state index in [-0.39, 0.29) is 5.91 Å². The summed E-state index contributed by atoms with van der Waals surface area (Å²) in [6, 6.07) is 8.23. The Kier molecular flexibility index (Phi) is 3.99. The van der Waals surface area contributed by atoms with Crippen molar-refractivity contribution in [3.8, 4) is 0 Å². The van der Waals surface area contributed by atoms with E-state index < -0.39 is 0 Å². The molecule has 18 heavy (non-hydrogen) atoms. The molecule has 0 fully saturated rings. The summed E-state index contributed by atoms with van der Waals surface area (Å²) in [5.41, 5.74) is 2.39. The summed E-state index contributed by atoms with van der Waals surface area (Å²) in [5.74, 6) is 0.154. The molecule has 0 atom stereocenters. The number of fused-ring (bicyclic) bond motifs is 1. The first kappa shape index (κ1) is 12.6. The maximum absolute atomic E-state index is 11.4. The molecular formula is C14H19N3O.